The Bertz CT molecular complexity index is 938. The summed E-state index contributed by atoms with van der Waals surface area (Å²) in [5, 5.41) is 2.82. The molecule has 3 aromatic rings. The van der Waals surface area contributed by atoms with Gasteiger partial charge in [-0.2, -0.15) is 0 Å². The van der Waals surface area contributed by atoms with Crippen LogP contribution in [0.4, 0.5) is 0 Å². The van der Waals surface area contributed by atoms with E-state index in [4.69, 9.17) is 9.72 Å². The third-order valence-electron chi connectivity index (χ3n) is 4.43. The van der Waals surface area contributed by atoms with E-state index in [-0.39, 0.29) is 11.6 Å². The van der Waals surface area contributed by atoms with Crippen LogP contribution in [0.5, 0.6) is 0 Å². The van der Waals surface area contributed by atoms with Gasteiger partial charge < -0.3 is 10.1 Å². The Kier molecular flexibility index (Phi) is 6.19. The number of hydrogen-bond donors (Lipinski definition) is 1. The average molecular weight is 417 g/mol. The third kappa shape index (κ3) is 3.87. The predicted octanol–water partition coefficient (Wildman–Crippen LogP) is 2.81. The van der Waals surface area contributed by atoms with Crippen molar-refractivity contribution in [2.45, 2.75) is 19.4 Å². The highest BCUT2D eigenvalue weighted by Gasteiger charge is 2.22. The molecule has 0 unspecified atom stereocenters. The fourth-order valence-corrected chi connectivity index (χ4v) is 3.34. The summed E-state index contributed by atoms with van der Waals surface area (Å²) in [6.07, 6.45) is 0.866. The second kappa shape index (κ2) is 8.58. The molecule has 0 aliphatic rings. The van der Waals surface area contributed by atoms with Crippen molar-refractivity contribution in [3.05, 3.63) is 69.2 Å². The Morgan fingerprint density at radius 2 is 1.92 bits per heavy atom. The number of halogens is 1. The first-order valence-electron chi connectivity index (χ1n) is 8.75. The van der Waals surface area contributed by atoms with Crippen LogP contribution in [0, 0.1) is 0 Å². The molecule has 6 heteroatoms. The number of ether oxygens (including phenoxy) is 1. The van der Waals surface area contributed by atoms with Gasteiger partial charge in [0.25, 0.3) is 5.56 Å². The molecule has 2 N–H and O–H groups in total. The standard InChI is InChI=1S/C20H22BrN3O2/c1-3-17(22-12-13-26-2)19-23-18-7-5-4-6-16(18)20(25)24(19)15-10-8-14(21)9-11-15/h4-11,17,22H,3,12-13H2,1-2H3/p+1/t17-/m0/s1. The molecule has 1 heterocycles. The summed E-state index contributed by atoms with van der Waals surface area (Å²) in [5.74, 6) is 0.773. The van der Waals surface area contributed by atoms with Gasteiger partial charge in [0.15, 0.2) is 5.82 Å². The van der Waals surface area contributed by atoms with Crippen LogP contribution in [0.2, 0.25) is 0 Å². The molecule has 0 fully saturated rings. The van der Waals surface area contributed by atoms with Crippen LogP contribution < -0.4 is 10.9 Å². The summed E-state index contributed by atoms with van der Waals surface area (Å²) in [7, 11) is 1.70. The van der Waals surface area contributed by atoms with Gasteiger partial charge in [-0.1, -0.05) is 35.0 Å². The van der Waals surface area contributed by atoms with Crippen LogP contribution >= 0.6 is 15.9 Å². The highest BCUT2D eigenvalue weighted by molar-refractivity contribution is 9.10. The molecule has 0 radical (unpaired) electrons. The minimum absolute atomic E-state index is 0.0356. The summed E-state index contributed by atoms with van der Waals surface area (Å²) in [6, 6.07) is 15.4. The van der Waals surface area contributed by atoms with E-state index in [2.05, 4.69) is 28.2 Å². The zero-order valence-electron chi connectivity index (χ0n) is 15.0. The average Bonchev–Trinajstić information content (AvgIpc) is 2.66. The molecule has 5 nitrogen and oxygen atoms in total. The van der Waals surface area contributed by atoms with E-state index < -0.39 is 0 Å². The molecule has 1 atom stereocenters. The van der Waals surface area contributed by atoms with Gasteiger partial charge in [-0.25, -0.2) is 4.98 Å². The lowest BCUT2D eigenvalue weighted by Crippen LogP contribution is -2.86. The smallest absolute Gasteiger partial charge is 0.266 e. The van der Waals surface area contributed by atoms with Crippen molar-refractivity contribution in [2.24, 2.45) is 0 Å². The number of para-hydroxylation sites is 1. The normalized spacial score (nSPS) is 12.4. The Balaban J connectivity index is 2.20. The Labute approximate surface area is 161 Å². The maximum absolute atomic E-state index is 13.3. The maximum Gasteiger partial charge on any atom is 0.266 e. The molecule has 0 aliphatic carbocycles. The minimum Gasteiger partial charge on any atom is -0.379 e. The van der Waals surface area contributed by atoms with Crippen molar-refractivity contribution >= 4 is 26.8 Å². The number of hydrogen-bond acceptors (Lipinski definition) is 3. The summed E-state index contributed by atoms with van der Waals surface area (Å²) in [5.41, 5.74) is 1.52. The van der Waals surface area contributed by atoms with Gasteiger partial charge in [0.05, 0.1) is 29.7 Å². The quantitative estimate of drug-likeness (QED) is 0.602. The van der Waals surface area contributed by atoms with E-state index in [0.29, 0.717) is 12.0 Å². The van der Waals surface area contributed by atoms with Gasteiger partial charge in [0.2, 0.25) is 0 Å². The molecule has 26 heavy (non-hydrogen) atoms. The summed E-state index contributed by atoms with van der Waals surface area (Å²) >= 11 is 3.46. The van der Waals surface area contributed by atoms with Crippen molar-refractivity contribution in [2.75, 3.05) is 20.3 Å². The van der Waals surface area contributed by atoms with E-state index in [9.17, 15) is 4.79 Å². The van der Waals surface area contributed by atoms with Gasteiger partial charge >= 0.3 is 0 Å². The topological polar surface area (TPSA) is 60.7 Å². The first-order chi connectivity index (χ1) is 12.7. The van der Waals surface area contributed by atoms with Gasteiger partial charge in [-0.3, -0.25) is 9.36 Å². The molecular weight excluding hydrogens is 394 g/mol. The molecule has 1 aromatic heterocycles. The molecule has 0 bridgehead atoms. The predicted molar refractivity (Wildman–Crippen MR) is 107 cm³/mol. The monoisotopic (exact) mass is 416 g/mol. The number of rotatable bonds is 7. The number of aromatic nitrogens is 2. The van der Waals surface area contributed by atoms with E-state index in [1.807, 2.05) is 48.5 Å². The molecule has 0 saturated carbocycles. The largest absolute Gasteiger partial charge is 0.379 e. The molecule has 0 aliphatic heterocycles. The molecule has 2 aromatic carbocycles. The molecule has 3 rings (SSSR count). The number of nitrogens with two attached hydrogens (primary N) is 1. The molecule has 0 saturated heterocycles. The van der Waals surface area contributed by atoms with Crippen LogP contribution in [0.15, 0.2) is 57.8 Å². The van der Waals surface area contributed by atoms with Gasteiger partial charge in [-0.05, 0) is 36.4 Å². The number of nitrogens with zero attached hydrogens (tertiary/aromatic N) is 2. The lowest BCUT2D eigenvalue weighted by Gasteiger charge is -2.19. The second-order valence-corrected chi connectivity index (χ2v) is 7.05. The van der Waals surface area contributed by atoms with E-state index in [1.165, 1.54) is 0 Å². The van der Waals surface area contributed by atoms with Crippen molar-refractivity contribution < 1.29 is 10.1 Å². The van der Waals surface area contributed by atoms with Crippen LogP contribution in [0.25, 0.3) is 16.6 Å². The zero-order valence-corrected chi connectivity index (χ0v) is 16.6. The van der Waals surface area contributed by atoms with Crippen LogP contribution in [-0.4, -0.2) is 29.8 Å². The first-order valence-corrected chi connectivity index (χ1v) is 9.55. The highest BCUT2D eigenvalue weighted by Crippen LogP contribution is 2.19. The van der Waals surface area contributed by atoms with Crippen LogP contribution in [-0.2, 0) is 4.74 Å². The van der Waals surface area contributed by atoms with E-state index in [0.717, 1.165) is 34.5 Å². The summed E-state index contributed by atoms with van der Waals surface area (Å²) < 4.78 is 7.89. The van der Waals surface area contributed by atoms with Crippen LogP contribution in [0.1, 0.15) is 25.2 Å². The zero-order chi connectivity index (χ0) is 18.5. The third-order valence-corrected chi connectivity index (χ3v) is 4.96. The molecule has 136 valence electrons. The Morgan fingerprint density at radius 1 is 1.19 bits per heavy atom. The SMILES string of the molecule is CC[C@H]([NH2+]CCOC)c1nc2ccccc2c(=O)n1-c1ccc(Br)cc1. The minimum atomic E-state index is -0.0356. The summed E-state index contributed by atoms with van der Waals surface area (Å²) in [4.78, 5) is 18.1. The lowest BCUT2D eigenvalue weighted by atomic mass is 10.1. The van der Waals surface area contributed by atoms with Crippen molar-refractivity contribution in [3.8, 4) is 5.69 Å². The molecule has 0 spiro atoms. The van der Waals surface area contributed by atoms with E-state index in [1.54, 1.807) is 11.7 Å². The van der Waals surface area contributed by atoms with Crippen molar-refractivity contribution in [3.63, 3.8) is 0 Å². The van der Waals surface area contributed by atoms with Crippen molar-refractivity contribution in [1.29, 1.82) is 0 Å². The van der Waals surface area contributed by atoms with Crippen molar-refractivity contribution in [1.82, 2.24) is 9.55 Å². The van der Waals surface area contributed by atoms with Crippen LogP contribution in [0.3, 0.4) is 0 Å². The number of quaternary nitrogens is 1. The number of methoxy groups -OCH3 is 1. The molecular formula is C20H23BrN3O2+. The first kappa shape index (κ1) is 18.8. The fraction of sp³-hybridized carbons (Fsp3) is 0.300. The van der Waals surface area contributed by atoms with Gasteiger partial charge in [0.1, 0.15) is 6.04 Å². The second-order valence-electron chi connectivity index (χ2n) is 6.14. The van der Waals surface area contributed by atoms with Gasteiger partial charge in [-0.15, -0.1) is 0 Å². The summed E-state index contributed by atoms with van der Waals surface area (Å²) in [6.45, 7) is 3.59. The maximum atomic E-state index is 13.3. The van der Waals surface area contributed by atoms with E-state index >= 15 is 0 Å². The highest BCUT2D eigenvalue weighted by atomic mass is 79.9. The number of benzene rings is 2. The Morgan fingerprint density at radius 3 is 2.62 bits per heavy atom. The van der Waals surface area contributed by atoms with Gasteiger partial charge in [0, 0.05) is 18.0 Å². The number of fused-ring (bicyclic) bond motifs is 1. The molecule has 0 amide bonds. The lowest BCUT2D eigenvalue weighted by molar-refractivity contribution is -0.698. The fourth-order valence-electron chi connectivity index (χ4n) is 3.08. The Hall–Kier alpha value is -2.02.